The van der Waals surface area contributed by atoms with Crippen molar-refractivity contribution in [3.05, 3.63) is 70.5 Å². The Kier molecular flexibility index (Phi) is 10.1. The fraction of sp³-hybridized carbons (Fsp3) is 0.606. The molecule has 0 saturated heterocycles. The van der Waals surface area contributed by atoms with Crippen LogP contribution in [0.25, 0.3) is 0 Å². The molecule has 0 radical (unpaired) electrons. The third-order valence-electron chi connectivity index (χ3n) is 8.64. The third kappa shape index (κ3) is 8.33. The summed E-state index contributed by atoms with van der Waals surface area (Å²) in [6.07, 6.45) is -6.56. The van der Waals surface area contributed by atoms with Crippen molar-refractivity contribution < 1.29 is 45.0 Å². The lowest BCUT2D eigenvalue weighted by Crippen LogP contribution is -2.56. The standard InChI is InChI=1S/C33H40F7NO3/c1-20(23-16-24(32(35,36)37)18-25(17-23)33(38,39)40)43-27-13-10-22(28(27)21-8-11-26(34)12-9-21)19-41-31(14-6-5-7-15-31)29(42)44-30(2,3)4/h8-9,11-12,16-18,20,22,27-28,41H,5-7,10,13-15,19H2,1-4H3/t20-,22+,27+,28+/m1/s1. The van der Waals surface area contributed by atoms with Gasteiger partial charge in [0.2, 0.25) is 0 Å². The van der Waals surface area contributed by atoms with Gasteiger partial charge in [-0.15, -0.1) is 0 Å². The first-order valence-electron chi connectivity index (χ1n) is 15.1. The van der Waals surface area contributed by atoms with Crippen LogP contribution in [0.3, 0.4) is 0 Å². The van der Waals surface area contributed by atoms with Gasteiger partial charge in [0.05, 0.1) is 23.3 Å². The van der Waals surface area contributed by atoms with Gasteiger partial charge in [0.25, 0.3) is 0 Å². The Bertz CT molecular complexity index is 1250. The molecule has 4 rings (SSSR count). The lowest BCUT2D eigenvalue weighted by atomic mass is 9.80. The highest BCUT2D eigenvalue weighted by atomic mass is 19.4. The average Bonchev–Trinajstić information content (AvgIpc) is 3.32. The number of hydrogen-bond donors (Lipinski definition) is 1. The summed E-state index contributed by atoms with van der Waals surface area (Å²) in [5.41, 5.74) is -3.84. The lowest BCUT2D eigenvalue weighted by molar-refractivity contribution is -0.165. The summed E-state index contributed by atoms with van der Waals surface area (Å²) >= 11 is 0. The molecule has 44 heavy (non-hydrogen) atoms. The zero-order valence-corrected chi connectivity index (χ0v) is 25.4. The number of carbonyl (C=O) groups is 1. The fourth-order valence-electron chi connectivity index (χ4n) is 6.46. The molecule has 2 aromatic carbocycles. The summed E-state index contributed by atoms with van der Waals surface area (Å²) in [5, 5.41) is 3.51. The third-order valence-corrected chi connectivity index (χ3v) is 8.64. The van der Waals surface area contributed by atoms with E-state index in [4.69, 9.17) is 9.47 Å². The van der Waals surface area contributed by atoms with Crippen LogP contribution in [0.2, 0.25) is 0 Å². The van der Waals surface area contributed by atoms with Crippen LogP contribution >= 0.6 is 0 Å². The van der Waals surface area contributed by atoms with Crippen molar-refractivity contribution in [3.63, 3.8) is 0 Å². The van der Waals surface area contributed by atoms with Gasteiger partial charge >= 0.3 is 18.3 Å². The van der Waals surface area contributed by atoms with Gasteiger partial charge in [-0.1, -0.05) is 31.4 Å². The van der Waals surface area contributed by atoms with Gasteiger partial charge in [0.1, 0.15) is 17.0 Å². The minimum atomic E-state index is -4.97. The van der Waals surface area contributed by atoms with Gasteiger partial charge in [-0.05, 0) is 107 Å². The zero-order valence-electron chi connectivity index (χ0n) is 25.4. The van der Waals surface area contributed by atoms with Crippen molar-refractivity contribution in [2.75, 3.05) is 6.54 Å². The summed E-state index contributed by atoms with van der Waals surface area (Å²) < 4.78 is 107. The Labute approximate surface area is 253 Å². The highest BCUT2D eigenvalue weighted by Gasteiger charge is 2.45. The first kappa shape index (κ1) is 34.2. The van der Waals surface area contributed by atoms with Crippen molar-refractivity contribution >= 4 is 5.97 Å². The maximum absolute atomic E-state index is 13.9. The van der Waals surface area contributed by atoms with E-state index in [2.05, 4.69) is 5.32 Å². The summed E-state index contributed by atoms with van der Waals surface area (Å²) in [5.74, 6) is -1.21. The highest BCUT2D eigenvalue weighted by molar-refractivity contribution is 5.81. The minimum Gasteiger partial charge on any atom is -0.459 e. The van der Waals surface area contributed by atoms with Crippen molar-refractivity contribution in [2.45, 2.75) is 114 Å². The van der Waals surface area contributed by atoms with E-state index in [-0.39, 0.29) is 29.4 Å². The van der Waals surface area contributed by atoms with Gasteiger partial charge in [-0.25, -0.2) is 4.39 Å². The summed E-state index contributed by atoms with van der Waals surface area (Å²) in [6, 6.07) is 7.34. The molecule has 0 bridgehead atoms. The first-order chi connectivity index (χ1) is 20.4. The topological polar surface area (TPSA) is 47.6 Å². The van der Waals surface area contributed by atoms with Crippen molar-refractivity contribution in [1.29, 1.82) is 0 Å². The number of ether oxygens (including phenoxy) is 2. The van der Waals surface area contributed by atoms with E-state index >= 15 is 0 Å². The molecular weight excluding hydrogens is 591 g/mol. The van der Waals surface area contributed by atoms with Crippen LogP contribution < -0.4 is 5.32 Å². The number of hydrogen-bond acceptors (Lipinski definition) is 4. The van der Waals surface area contributed by atoms with Crippen LogP contribution in [-0.2, 0) is 26.6 Å². The molecule has 0 spiro atoms. The average molecular weight is 632 g/mol. The van der Waals surface area contributed by atoms with Crippen LogP contribution in [0.5, 0.6) is 0 Å². The van der Waals surface area contributed by atoms with Crippen molar-refractivity contribution in [3.8, 4) is 0 Å². The van der Waals surface area contributed by atoms with E-state index in [9.17, 15) is 35.5 Å². The Balaban J connectivity index is 1.60. The van der Waals surface area contributed by atoms with Crippen LogP contribution in [0.15, 0.2) is 42.5 Å². The molecule has 0 amide bonds. The molecule has 4 atom stereocenters. The Morgan fingerprint density at radius 3 is 2.00 bits per heavy atom. The molecule has 0 aliphatic heterocycles. The molecule has 0 aromatic heterocycles. The molecule has 2 aliphatic rings. The number of nitrogens with one attached hydrogen (secondary N) is 1. The van der Waals surface area contributed by atoms with Gasteiger partial charge in [0.15, 0.2) is 0 Å². The molecule has 2 fully saturated rings. The normalized spacial score (nSPS) is 23.4. The van der Waals surface area contributed by atoms with E-state index in [0.717, 1.165) is 24.8 Å². The number of benzene rings is 2. The van der Waals surface area contributed by atoms with Crippen LogP contribution in [0.1, 0.15) is 107 Å². The maximum Gasteiger partial charge on any atom is 0.416 e. The predicted octanol–water partition coefficient (Wildman–Crippen LogP) is 9.14. The monoisotopic (exact) mass is 631 g/mol. The quantitative estimate of drug-likeness (QED) is 0.233. The Morgan fingerprint density at radius 2 is 1.48 bits per heavy atom. The second-order valence-corrected chi connectivity index (χ2v) is 13.1. The van der Waals surface area contributed by atoms with Gasteiger partial charge in [0, 0.05) is 5.92 Å². The summed E-state index contributed by atoms with van der Waals surface area (Å²) in [4.78, 5) is 13.4. The summed E-state index contributed by atoms with van der Waals surface area (Å²) in [6.45, 7) is 7.27. The number of carbonyl (C=O) groups excluding carboxylic acids is 1. The Hall–Kier alpha value is -2.66. The predicted molar refractivity (Wildman–Crippen MR) is 151 cm³/mol. The van der Waals surface area contributed by atoms with E-state index in [1.807, 2.05) is 20.8 Å². The summed E-state index contributed by atoms with van der Waals surface area (Å²) in [7, 11) is 0. The molecular formula is C33H40F7NO3. The molecule has 0 heterocycles. The molecule has 244 valence electrons. The van der Waals surface area contributed by atoms with E-state index in [1.54, 1.807) is 12.1 Å². The van der Waals surface area contributed by atoms with Crippen molar-refractivity contribution in [2.24, 2.45) is 5.92 Å². The van der Waals surface area contributed by atoms with Gasteiger partial charge < -0.3 is 14.8 Å². The maximum atomic E-state index is 13.9. The largest absolute Gasteiger partial charge is 0.459 e. The van der Waals surface area contributed by atoms with E-state index < -0.39 is 52.6 Å². The molecule has 0 unspecified atom stereocenters. The van der Waals surface area contributed by atoms with E-state index in [0.29, 0.717) is 44.4 Å². The number of esters is 1. The molecule has 4 nitrogen and oxygen atoms in total. The molecule has 2 aliphatic carbocycles. The molecule has 2 aromatic rings. The SMILES string of the molecule is C[C@@H](O[C@H]1CC[C@@H](CNC2(C(=O)OC(C)(C)C)CCCCC2)[C@@H]1c1ccc(F)cc1)c1cc(C(F)(F)F)cc(C(F)(F)F)c1. The second kappa shape index (κ2) is 13.0. The van der Waals surface area contributed by atoms with Crippen LogP contribution in [-0.4, -0.2) is 29.8 Å². The number of alkyl halides is 6. The van der Waals surface area contributed by atoms with Crippen molar-refractivity contribution in [1.82, 2.24) is 5.32 Å². The zero-order chi connectivity index (χ0) is 32.5. The van der Waals surface area contributed by atoms with E-state index in [1.165, 1.54) is 19.1 Å². The van der Waals surface area contributed by atoms with Crippen LogP contribution in [0, 0.1) is 11.7 Å². The minimum absolute atomic E-state index is 0.0978. The molecule has 11 heteroatoms. The molecule has 1 N–H and O–H groups in total. The lowest BCUT2D eigenvalue weighted by Gasteiger charge is -2.39. The molecule has 2 saturated carbocycles. The number of halogens is 7. The van der Waals surface area contributed by atoms with Gasteiger partial charge in [-0.2, -0.15) is 26.3 Å². The number of rotatable bonds is 8. The first-order valence-corrected chi connectivity index (χ1v) is 15.1. The van der Waals surface area contributed by atoms with Gasteiger partial charge in [-0.3, -0.25) is 4.79 Å². The highest BCUT2D eigenvalue weighted by Crippen LogP contribution is 2.45. The Morgan fingerprint density at radius 1 is 0.909 bits per heavy atom. The second-order valence-electron chi connectivity index (χ2n) is 13.1. The fourth-order valence-corrected chi connectivity index (χ4v) is 6.46. The smallest absolute Gasteiger partial charge is 0.416 e. The van der Waals surface area contributed by atoms with Crippen LogP contribution in [0.4, 0.5) is 30.7 Å².